The lowest BCUT2D eigenvalue weighted by Gasteiger charge is -2.40. The van der Waals surface area contributed by atoms with E-state index in [4.69, 9.17) is 4.74 Å². The van der Waals surface area contributed by atoms with Crippen molar-refractivity contribution in [1.82, 2.24) is 25.1 Å². The van der Waals surface area contributed by atoms with Crippen LogP contribution in [0.4, 0.5) is 18.9 Å². The topological polar surface area (TPSA) is 59.3 Å². The molecule has 0 aliphatic carbocycles. The molecule has 192 valence electrons. The maximum atomic E-state index is 13.3. The molecule has 0 saturated carbocycles. The zero-order chi connectivity index (χ0) is 25.8. The van der Waals surface area contributed by atoms with E-state index >= 15 is 0 Å². The maximum Gasteiger partial charge on any atom is 0.416 e. The van der Waals surface area contributed by atoms with E-state index in [-0.39, 0.29) is 6.04 Å². The number of methoxy groups -OCH3 is 1. The van der Waals surface area contributed by atoms with E-state index in [2.05, 4.69) is 20.4 Å². The van der Waals surface area contributed by atoms with Gasteiger partial charge in [0, 0.05) is 37.4 Å². The summed E-state index contributed by atoms with van der Waals surface area (Å²) in [7, 11) is 1.63. The highest BCUT2D eigenvalue weighted by Gasteiger charge is 2.34. The molecule has 2 heterocycles. The van der Waals surface area contributed by atoms with Gasteiger partial charge in [0.1, 0.15) is 11.8 Å². The Morgan fingerprint density at radius 3 is 2.35 bits per heavy atom. The van der Waals surface area contributed by atoms with Crippen LogP contribution in [-0.2, 0) is 12.7 Å². The van der Waals surface area contributed by atoms with Gasteiger partial charge in [-0.05, 0) is 40.3 Å². The van der Waals surface area contributed by atoms with Gasteiger partial charge < -0.3 is 9.64 Å². The molecule has 3 aromatic carbocycles. The van der Waals surface area contributed by atoms with Crippen molar-refractivity contribution >= 4 is 5.69 Å². The summed E-state index contributed by atoms with van der Waals surface area (Å²) in [4.78, 5) is 4.24. The van der Waals surface area contributed by atoms with Crippen LogP contribution < -0.4 is 9.64 Å². The lowest BCUT2D eigenvalue weighted by atomic mass is 10.0. The molecule has 0 radical (unpaired) electrons. The lowest BCUT2D eigenvalue weighted by molar-refractivity contribution is -0.137. The molecule has 0 spiro atoms. The Kier molecular flexibility index (Phi) is 7.09. The molecule has 1 aliphatic heterocycles. The van der Waals surface area contributed by atoms with Crippen LogP contribution in [0.2, 0.25) is 0 Å². The number of tetrazole rings is 1. The second-order valence-corrected chi connectivity index (χ2v) is 8.90. The fourth-order valence-corrected chi connectivity index (χ4v) is 4.79. The second-order valence-electron chi connectivity index (χ2n) is 8.90. The van der Waals surface area contributed by atoms with Crippen molar-refractivity contribution in [2.45, 2.75) is 18.8 Å². The highest BCUT2D eigenvalue weighted by molar-refractivity contribution is 5.50. The van der Waals surface area contributed by atoms with Crippen molar-refractivity contribution in [2.24, 2.45) is 0 Å². The molecule has 7 nitrogen and oxygen atoms in total. The van der Waals surface area contributed by atoms with Crippen molar-refractivity contribution in [3.05, 3.63) is 101 Å². The third-order valence-corrected chi connectivity index (χ3v) is 6.63. The normalized spacial score (nSPS) is 15.5. The first kappa shape index (κ1) is 24.8. The van der Waals surface area contributed by atoms with Crippen LogP contribution in [0.1, 0.15) is 28.6 Å². The van der Waals surface area contributed by atoms with Gasteiger partial charge in [-0.25, -0.2) is 4.68 Å². The monoisotopic (exact) mass is 508 g/mol. The second kappa shape index (κ2) is 10.6. The Bertz CT molecular complexity index is 1320. The Morgan fingerprint density at radius 1 is 0.892 bits per heavy atom. The number of benzene rings is 3. The molecule has 1 atom stereocenters. The number of halogens is 3. The first-order chi connectivity index (χ1) is 17.9. The fraction of sp³-hybridized carbons (Fsp3) is 0.296. The van der Waals surface area contributed by atoms with Gasteiger partial charge in [0.25, 0.3) is 0 Å². The number of aromatic nitrogens is 4. The third-order valence-electron chi connectivity index (χ3n) is 6.63. The van der Waals surface area contributed by atoms with Gasteiger partial charge in [-0.15, -0.1) is 5.10 Å². The number of para-hydroxylation sites is 1. The summed E-state index contributed by atoms with van der Waals surface area (Å²) >= 11 is 0. The maximum absolute atomic E-state index is 13.3. The molecular weight excluding hydrogens is 481 g/mol. The van der Waals surface area contributed by atoms with Gasteiger partial charge in [-0.2, -0.15) is 13.2 Å². The van der Waals surface area contributed by atoms with Crippen LogP contribution in [0.25, 0.3) is 0 Å². The molecule has 0 unspecified atom stereocenters. The molecule has 1 saturated heterocycles. The standard InChI is InChI=1S/C27H27F3N6O/c1-37-24-13-6-5-12-23(24)25(26-31-32-33-36(26)19-20-8-3-2-4-9-20)35-16-14-34(15-17-35)22-11-7-10-21(18-22)27(28,29)30/h2-13,18,25H,14-17,19H2,1H3/t25-/m1/s1. The Labute approximate surface area is 213 Å². The van der Waals surface area contributed by atoms with Crippen LogP contribution in [0.3, 0.4) is 0 Å². The van der Waals surface area contributed by atoms with Crippen molar-refractivity contribution in [2.75, 3.05) is 38.2 Å². The molecule has 4 aromatic rings. The quantitative estimate of drug-likeness (QED) is 0.362. The van der Waals surface area contributed by atoms with Crippen LogP contribution in [0.15, 0.2) is 78.9 Å². The van der Waals surface area contributed by atoms with Crippen molar-refractivity contribution in [3.63, 3.8) is 0 Å². The largest absolute Gasteiger partial charge is 0.496 e. The van der Waals surface area contributed by atoms with Gasteiger partial charge in [0.05, 0.1) is 19.2 Å². The summed E-state index contributed by atoms with van der Waals surface area (Å²) < 4.78 is 47.2. The predicted molar refractivity (Wildman–Crippen MR) is 133 cm³/mol. The summed E-state index contributed by atoms with van der Waals surface area (Å²) in [6.45, 7) is 2.85. The first-order valence-electron chi connectivity index (χ1n) is 12.0. The highest BCUT2D eigenvalue weighted by atomic mass is 19.4. The SMILES string of the molecule is COc1ccccc1[C@H](c1nnnn1Cc1ccccc1)N1CCN(c2cccc(C(F)(F)F)c2)CC1. The number of hydrogen-bond acceptors (Lipinski definition) is 6. The van der Waals surface area contributed by atoms with E-state index in [1.54, 1.807) is 17.9 Å². The number of alkyl halides is 3. The van der Waals surface area contributed by atoms with Crippen LogP contribution in [-0.4, -0.2) is 58.4 Å². The minimum Gasteiger partial charge on any atom is -0.496 e. The lowest BCUT2D eigenvalue weighted by Crippen LogP contribution is -2.48. The fourth-order valence-electron chi connectivity index (χ4n) is 4.79. The van der Waals surface area contributed by atoms with Gasteiger partial charge >= 0.3 is 6.18 Å². The molecule has 1 aliphatic rings. The number of nitrogens with zero attached hydrogens (tertiary/aromatic N) is 6. The van der Waals surface area contributed by atoms with Crippen LogP contribution in [0.5, 0.6) is 5.75 Å². The summed E-state index contributed by atoms with van der Waals surface area (Å²) in [5.74, 6) is 1.41. The zero-order valence-corrected chi connectivity index (χ0v) is 20.3. The van der Waals surface area contributed by atoms with E-state index in [9.17, 15) is 13.2 Å². The number of ether oxygens (including phenoxy) is 1. The van der Waals surface area contributed by atoms with Gasteiger partial charge in [0.2, 0.25) is 0 Å². The summed E-state index contributed by atoms with van der Waals surface area (Å²) in [6, 6.07) is 23.0. The molecule has 0 bridgehead atoms. The van der Waals surface area contributed by atoms with Crippen molar-refractivity contribution < 1.29 is 17.9 Å². The Morgan fingerprint density at radius 2 is 1.62 bits per heavy atom. The van der Waals surface area contributed by atoms with Gasteiger partial charge in [0.15, 0.2) is 5.82 Å². The van der Waals surface area contributed by atoms with E-state index in [1.807, 2.05) is 59.5 Å². The summed E-state index contributed by atoms with van der Waals surface area (Å²) in [5, 5.41) is 12.7. The average molecular weight is 509 g/mol. The molecule has 37 heavy (non-hydrogen) atoms. The van der Waals surface area contributed by atoms with E-state index in [1.165, 1.54) is 12.1 Å². The third kappa shape index (κ3) is 5.43. The molecule has 10 heteroatoms. The Hall–Kier alpha value is -3.92. The van der Waals surface area contributed by atoms with Gasteiger partial charge in [-0.1, -0.05) is 54.6 Å². The van der Waals surface area contributed by atoms with Crippen LogP contribution in [0, 0.1) is 0 Å². The molecule has 5 rings (SSSR count). The predicted octanol–water partition coefficient (Wildman–Crippen LogP) is 4.66. The number of anilines is 1. The minimum absolute atomic E-state index is 0.293. The molecule has 0 N–H and O–H groups in total. The number of rotatable bonds is 7. The van der Waals surface area contributed by atoms with E-state index in [0.29, 0.717) is 44.2 Å². The minimum atomic E-state index is -4.37. The number of piperazine rings is 1. The first-order valence-corrected chi connectivity index (χ1v) is 12.0. The van der Waals surface area contributed by atoms with E-state index in [0.717, 1.165) is 22.9 Å². The summed E-state index contributed by atoms with van der Waals surface area (Å²) in [5.41, 5.74) is 1.93. The summed E-state index contributed by atoms with van der Waals surface area (Å²) in [6.07, 6.45) is -4.37. The zero-order valence-electron chi connectivity index (χ0n) is 20.3. The molecule has 1 aromatic heterocycles. The molecule has 0 amide bonds. The van der Waals surface area contributed by atoms with Crippen LogP contribution >= 0.6 is 0 Å². The highest BCUT2D eigenvalue weighted by Crippen LogP contribution is 2.36. The van der Waals surface area contributed by atoms with Crippen molar-refractivity contribution in [1.29, 1.82) is 0 Å². The smallest absolute Gasteiger partial charge is 0.416 e. The van der Waals surface area contributed by atoms with Gasteiger partial charge in [-0.3, -0.25) is 4.90 Å². The Balaban J connectivity index is 1.43. The average Bonchev–Trinajstić information content (AvgIpc) is 3.37. The molecular formula is C27H27F3N6O. The van der Waals surface area contributed by atoms with E-state index < -0.39 is 11.7 Å². The van der Waals surface area contributed by atoms with Crippen molar-refractivity contribution in [3.8, 4) is 5.75 Å². The number of hydrogen-bond donors (Lipinski definition) is 0. The molecule has 1 fully saturated rings.